The number of carbonyl (C=O) groups excluding carboxylic acids is 4. The number of rotatable bonds is 5. The second-order valence-electron chi connectivity index (χ2n) is 7.80. The number of nitrogens with one attached hydrogen (secondary N) is 2. The second kappa shape index (κ2) is 7.81. The van der Waals surface area contributed by atoms with Crippen molar-refractivity contribution in [1.29, 1.82) is 0 Å². The Kier molecular flexibility index (Phi) is 5.30. The van der Waals surface area contributed by atoms with E-state index in [1.54, 1.807) is 4.90 Å². The number of imide groups is 1. The summed E-state index contributed by atoms with van der Waals surface area (Å²) in [4.78, 5) is 55.9. The summed E-state index contributed by atoms with van der Waals surface area (Å²) in [6.45, 7) is 2.29. The molecule has 3 heterocycles. The molecule has 1 aromatic heterocycles. The zero-order chi connectivity index (χ0) is 22.3. The van der Waals surface area contributed by atoms with Crippen LogP contribution >= 0.6 is 11.6 Å². The number of likely N-dealkylation sites (tertiary alicyclic amines) is 1. The van der Waals surface area contributed by atoms with Gasteiger partial charge in [0.1, 0.15) is 17.1 Å². The lowest BCUT2D eigenvalue weighted by atomic mass is 9.92. The Bertz CT molecular complexity index is 1090. The molecule has 2 aliphatic rings. The zero-order valence-corrected chi connectivity index (χ0v) is 17.5. The topological polar surface area (TPSA) is 103 Å². The lowest BCUT2D eigenvalue weighted by Crippen LogP contribution is -2.41. The number of hydrogen-bond donors (Lipinski definition) is 2. The Hall–Kier alpha value is -3.20. The Morgan fingerprint density at radius 1 is 1.19 bits per heavy atom. The van der Waals surface area contributed by atoms with Gasteiger partial charge < -0.3 is 15.2 Å². The molecule has 2 fully saturated rings. The monoisotopic (exact) mass is 446 g/mol. The molecule has 162 valence electrons. The van der Waals surface area contributed by atoms with Crippen LogP contribution in [0.3, 0.4) is 0 Å². The first-order valence-corrected chi connectivity index (χ1v) is 10.2. The molecule has 0 bridgehead atoms. The highest BCUT2D eigenvalue weighted by Gasteiger charge is 2.50. The molecule has 4 amide bonds. The first-order valence-electron chi connectivity index (χ1n) is 9.81. The van der Waals surface area contributed by atoms with Crippen molar-refractivity contribution in [3.05, 3.63) is 58.1 Å². The molecule has 2 aliphatic heterocycles. The van der Waals surface area contributed by atoms with Crippen LogP contribution in [0, 0.1) is 5.82 Å². The number of nitrogens with zero attached hydrogens (tertiary/aromatic N) is 2. The maximum atomic E-state index is 13.4. The van der Waals surface area contributed by atoms with Gasteiger partial charge in [0.2, 0.25) is 0 Å². The summed E-state index contributed by atoms with van der Waals surface area (Å²) in [6.07, 6.45) is 3.28. The van der Waals surface area contributed by atoms with Gasteiger partial charge in [-0.1, -0.05) is 17.7 Å². The quantitative estimate of drug-likeness (QED) is 0.544. The SMILES string of the molecule is CC1(c2ccc(F)cc2Cl)NC(=O)N(CC(=O)c2c[nH]c(C(=O)N3CCCC3)c2)C1=O. The fraction of sp³-hybridized carbons (Fsp3) is 0.333. The third kappa shape index (κ3) is 3.69. The van der Waals surface area contributed by atoms with E-state index in [0.29, 0.717) is 13.1 Å². The molecule has 0 radical (unpaired) electrons. The van der Waals surface area contributed by atoms with Crippen LogP contribution in [-0.4, -0.2) is 58.0 Å². The number of amides is 4. The lowest BCUT2D eigenvalue weighted by molar-refractivity contribution is -0.130. The number of H-pyrrole nitrogens is 1. The van der Waals surface area contributed by atoms with Gasteiger partial charge in [0, 0.05) is 35.4 Å². The highest BCUT2D eigenvalue weighted by molar-refractivity contribution is 6.32. The van der Waals surface area contributed by atoms with Crippen molar-refractivity contribution in [2.45, 2.75) is 25.3 Å². The summed E-state index contributed by atoms with van der Waals surface area (Å²) in [7, 11) is 0. The predicted molar refractivity (Wildman–Crippen MR) is 109 cm³/mol. The fourth-order valence-electron chi connectivity index (χ4n) is 3.92. The molecule has 1 atom stereocenters. The fourth-order valence-corrected chi connectivity index (χ4v) is 4.28. The molecule has 0 saturated carbocycles. The number of ketones is 1. The van der Waals surface area contributed by atoms with Crippen LogP contribution in [0.5, 0.6) is 0 Å². The summed E-state index contributed by atoms with van der Waals surface area (Å²) in [6, 6.07) is 4.18. The molecular formula is C21H20ClFN4O4. The van der Waals surface area contributed by atoms with E-state index < -0.39 is 35.6 Å². The van der Waals surface area contributed by atoms with E-state index >= 15 is 0 Å². The van der Waals surface area contributed by atoms with Gasteiger partial charge in [-0.15, -0.1) is 0 Å². The summed E-state index contributed by atoms with van der Waals surface area (Å²) in [5.41, 5.74) is -0.831. The number of urea groups is 1. The smallest absolute Gasteiger partial charge is 0.325 e. The minimum atomic E-state index is -1.53. The molecule has 2 N–H and O–H groups in total. The van der Waals surface area contributed by atoms with Gasteiger partial charge in [-0.25, -0.2) is 9.18 Å². The van der Waals surface area contributed by atoms with E-state index in [0.717, 1.165) is 29.9 Å². The van der Waals surface area contributed by atoms with Crippen LogP contribution in [0.4, 0.5) is 9.18 Å². The molecule has 1 aromatic carbocycles. The van der Waals surface area contributed by atoms with Crippen molar-refractivity contribution in [3.63, 3.8) is 0 Å². The molecule has 4 rings (SSSR count). The van der Waals surface area contributed by atoms with Crippen molar-refractivity contribution >= 4 is 35.2 Å². The first-order chi connectivity index (χ1) is 14.7. The molecule has 1 unspecified atom stereocenters. The average molecular weight is 447 g/mol. The highest BCUT2D eigenvalue weighted by Crippen LogP contribution is 2.34. The summed E-state index contributed by atoms with van der Waals surface area (Å²) in [5.74, 6) is -1.95. The lowest BCUT2D eigenvalue weighted by Gasteiger charge is -2.23. The molecule has 2 aromatic rings. The Morgan fingerprint density at radius 2 is 1.90 bits per heavy atom. The van der Waals surface area contributed by atoms with Crippen molar-refractivity contribution in [1.82, 2.24) is 20.1 Å². The van der Waals surface area contributed by atoms with Gasteiger partial charge in [-0.05, 0) is 38.0 Å². The molecule has 10 heteroatoms. The van der Waals surface area contributed by atoms with Crippen LogP contribution < -0.4 is 5.32 Å². The van der Waals surface area contributed by atoms with Gasteiger partial charge in [-0.3, -0.25) is 19.3 Å². The maximum absolute atomic E-state index is 13.4. The van der Waals surface area contributed by atoms with Gasteiger partial charge in [0.25, 0.3) is 11.8 Å². The van der Waals surface area contributed by atoms with Crippen LogP contribution in [0.25, 0.3) is 0 Å². The van der Waals surface area contributed by atoms with Gasteiger partial charge >= 0.3 is 6.03 Å². The van der Waals surface area contributed by atoms with Gasteiger partial charge in [0.05, 0.1) is 6.54 Å². The van der Waals surface area contributed by atoms with E-state index in [2.05, 4.69) is 10.3 Å². The standard InChI is InChI=1S/C21H20ClFN4O4/c1-21(14-5-4-13(23)9-15(14)22)19(30)27(20(31)25-21)11-17(28)12-8-16(24-10-12)18(29)26-6-2-3-7-26/h4-5,8-10,24H,2-3,6-7,11H2,1H3,(H,25,31). The number of carbonyl (C=O) groups is 4. The third-order valence-electron chi connectivity index (χ3n) is 5.68. The molecule has 31 heavy (non-hydrogen) atoms. The van der Waals surface area contributed by atoms with Crippen LogP contribution in [0.15, 0.2) is 30.5 Å². The summed E-state index contributed by atoms with van der Waals surface area (Å²) >= 11 is 6.08. The number of halogens is 2. The summed E-state index contributed by atoms with van der Waals surface area (Å²) < 4.78 is 13.4. The normalized spacial score (nSPS) is 21.0. The minimum Gasteiger partial charge on any atom is -0.356 e. The van der Waals surface area contributed by atoms with E-state index in [-0.39, 0.29) is 27.8 Å². The van der Waals surface area contributed by atoms with Crippen LogP contribution in [0.2, 0.25) is 5.02 Å². The Balaban J connectivity index is 1.50. The Morgan fingerprint density at radius 3 is 2.58 bits per heavy atom. The van der Waals surface area contributed by atoms with E-state index in [1.165, 1.54) is 25.3 Å². The van der Waals surface area contributed by atoms with Crippen LogP contribution in [-0.2, 0) is 10.3 Å². The maximum Gasteiger partial charge on any atom is 0.325 e. The predicted octanol–water partition coefficient (Wildman–Crippen LogP) is 2.69. The number of aromatic nitrogens is 1. The highest BCUT2D eigenvalue weighted by atomic mass is 35.5. The third-order valence-corrected chi connectivity index (χ3v) is 5.99. The van der Waals surface area contributed by atoms with Crippen molar-refractivity contribution in [2.75, 3.05) is 19.6 Å². The number of aromatic amines is 1. The molecule has 2 saturated heterocycles. The Labute approximate surface area is 182 Å². The largest absolute Gasteiger partial charge is 0.356 e. The minimum absolute atomic E-state index is 0.0139. The van der Waals surface area contributed by atoms with E-state index in [9.17, 15) is 23.6 Å². The number of hydrogen-bond acceptors (Lipinski definition) is 4. The molecular weight excluding hydrogens is 427 g/mol. The summed E-state index contributed by atoms with van der Waals surface area (Å²) in [5, 5.41) is 2.52. The van der Waals surface area contributed by atoms with Crippen molar-refractivity contribution < 1.29 is 23.6 Å². The molecule has 0 spiro atoms. The van der Waals surface area contributed by atoms with E-state index in [4.69, 9.17) is 11.6 Å². The van der Waals surface area contributed by atoms with Crippen LogP contribution in [0.1, 0.15) is 46.2 Å². The van der Waals surface area contributed by atoms with Gasteiger partial charge in [-0.2, -0.15) is 0 Å². The average Bonchev–Trinajstić information content (AvgIpc) is 3.45. The van der Waals surface area contributed by atoms with E-state index in [1.807, 2.05) is 0 Å². The number of Topliss-reactive ketones (excluding diaryl/α,β-unsaturated/α-hetero) is 1. The molecule has 8 nitrogen and oxygen atoms in total. The van der Waals surface area contributed by atoms with Crippen molar-refractivity contribution in [3.8, 4) is 0 Å². The zero-order valence-electron chi connectivity index (χ0n) is 16.7. The van der Waals surface area contributed by atoms with Crippen molar-refractivity contribution in [2.24, 2.45) is 0 Å². The first kappa shape index (κ1) is 21.0. The second-order valence-corrected chi connectivity index (χ2v) is 8.20. The van der Waals surface area contributed by atoms with Gasteiger partial charge in [0.15, 0.2) is 5.78 Å². The molecule has 0 aliphatic carbocycles. The number of benzene rings is 1.